The molecule has 19 heavy (non-hydrogen) atoms. The fourth-order valence-electron chi connectivity index (χ4n) is 2.22. The second-order valence-corrected chi connectivity index (χ2v) is 5.51. The summed E-state index contributed by atoms with van der Waals surface area (Å²) in [6.07, 6.45) is 0.944. The molecule has 1 amide bonds. The number of halogens is 1. The van der Waals surface area contributed by atoms with Crippen LogP contribution in [0.1, 0.15) is 23.7 Å². The van der Waals surface area contributed by atoms with E-state index in [2.05, 4.69) is 26.6 Å². The molecule has 2 atom stereocenters. The molecule has 1 aromatic rings. The summed E-state index contributed by atoms with van der Waals surface area (Å²) < 4.78 is 0.561. The van der Waals surface area contributed by atoms with E-state index in [1.54, 1.807) is 12.1 Å². The molecule has 1 heterocycles. The van der Waals surface area contributed by atoms with Gasteiger partial charge in [-0.3, -0.25) is 4.79 Å². The molecule has 3 N–H and O–H groups in total. The Morgan fingerprint density at radius 1 is 1.47 bits per heavy atom. The Morgan fingerprint density at radius 2 is 2.21 bits per heavy atom. The van der Waals surface area contributed by atoms with Gasteiger partial charge in [0.25, 0.3) is 0 Å². The maximum Gasteiger partial charge on any atom is 0.337 e. The van der Waals surface area contributed by atoms with Crippen LogP contribution in [0.25, 0.3) is 0 Å². The van der Waals surface area contributed by atoms with Crippen LogP contribution in [-0.4, -0.2) is 29.6 Å². The van der Waals surface area contributed by atoms with E-state index in [0.717, 1.165) is 13.0 Å². The van der Waals surface area contributed by atoms with Crippen LogP contribution in [0.3, 0.4) is 0 Å². The van der Waals surface area contributed by atoms with Crippen LogP contribution in [0.15, 0.2) is 22.7 Å². The number of aromatic carboxylic acids is 1. The van der Waals surface area contributed by atoms with Gasteiger partial charge >= 0.3 is 5.97 Å². The minimum atomic E-state index is -1.07. The molecule has 0 radical (unpaired) electrons. The normalized spacial score (nSPS) is 22.2. The van der Waals surface area contributed by atoms with Crippen molar-refractivity contribution in [3.8, 4) is 0 Å². The number of carboxylic acid groups (broad SMARTS) is 1. The second-order valence-electron chi connectivity index (χ2n) is 4.65. The van der Waals surface area contributed by atoms with Crippen molar-refractivity contribution in [2.45, 2.75) is 19.4 Å². The van der Waals surface area contributed by atoms with Gasteiger partial charge in [0.05, 0.1) is 17.3 Å². The van der Waals surface area contributed by atoms with Gasteiger partial charge in [0.2, 0.25) is 5.91 Å². The quantitative estimate of drug-likeness (QED) is 0.794. The topological polar surface area (TPSA) is 78.4 Å². The SMILES string of the molecule is CC1CCNC1C(=O)Nc1c(Br)cccc1C(=O)O. The molecular formula is C13H15BrN2O3. The molecule has 1 aliphatic rings. The maximum atomic E-state index is 12.2. The van der Waals surface area contributed by atoms with Crippen LogP contribution in [0.2, 0.25) is 0 Å². The summed E-state index contributed by atoms with van der Waals surface area (Å²) >= 11 is 3.27. The Balaban J connectivity index is 2.23. The average molecular weight is 327 g/mol. The summed E-state index contributed by atoms with van der Waals surface area (Å²) in [5.74, 6) is -1.01. The van der Waals surface area contributed by atoms with Crippen LogP contribution in [0.4, 0.5) is 5.69 Å². The number of nitrogens with one attached hydrogen (secondary N) is 2. The van der Waals surface area contributed by atoms with Gasteiger partial charge in [0.15, 0.2) is 0 Å². The van der Waals surface area contributed by atoms with Crippen molar-refractivity contribution in [3.05, 3.63) is 28.2 Å². The van der Waals surface area contributed by atoms with E-state index in [-0.39, 0.29) is 23.4 Å². The summed E-state index contributed by atoms with van der Waals surface area (Å²) in [6.45, 7) is 2.81. The molecule has 0 aliphatic carbocycles. The van der Waals surface area contributed by atoms with E-state index in [1.165, 1.54) is 6.07 Å². The van der Waals surface area contributed by atoms with Crippen molar-refractivity contribution in [2.24, 2.45) is 5.92 Å². The van der Waals surface area contributed by atoms with Crippen LogP contribution in [0, 0.1) is 5.92 Å². The number of benzene rings is 1. The van der Waals surface area contributed by atoms with Crippen molar-refractivity contribution >= 4 is 33.5 Å². The van der Waals surface area contributed by atoms with E-state index in [0.29, 0.717) is 10.2 Å². The van der Waals surface area contributed by atoms with Gasteiger partial charge in [0.1, 0.15) is 0 Å². The first-order chi connectivity index (χ1) is 9.00. The van der Waals surface area contributed by atoms with Crippen LogP contribution in [0.5, 0.6) is 0 Å². The lowest BCUT2D eigenvalue weighted by atomic mass is 10.0. The Morgan fingerprint density at radius 3 is 2.79 bits per heavy atom. The van der Waals surface area contributed by atoms with Crippen LogP contribution in [-0.2, 0) is 4.79 Å². The minimum absolute atomic E-state index is 0.0772. The molecule has 0 aromatic heterocycles. The van der Waals surface area contributed by atoms with Crippen molar-refractivity contribution in [3.63, 3.8) is 0 Å². The van der Waals surface area contributed by atoms with Crippen molar-refractivity contribution < 1.29 is 14.7 Å². The van der Waals surface area contributed by atoms with Crippen LogP contribution < -0.4 is 10.6 Å². The number of carbonyl (C=O) groups is 2. The standard InChI is InChI=1S/C13H15BrN2O3/c1-7-5-6-15-10(7)12(17)16-11-8(13(18)19)3-2-4-9(11)14/h2-4,7,10,15H,5-6H2,1H3,(H,16,17)(H,18,19). The largest absolute Gasteiger partial charge is 0.478 e. The summed E-state index contributed by atoms with van der Waals surface area (Å²) in [7, 11) is 0. The number of hydrogen-bond donors (Lipinski definition) is 3. The van der Waals surface area contributed by atoms with Crippen molar-refractivity contribution in [2.75, 3.05) is 11.9 Å². The first-order valence-corrected chi connectivity index (χ1v) is 6.86. The van der Waals surface area contributed by atoms with Gasteiger partial charge in [0, 0.05) is 4.47 Å². The molecule has 0 bridgehead atoms. The van der Waals surface area contributed by atoms with E-state index in [1.807, 2.05) is 6.92 Å². The highest BCUT2D eigenvalue weighted by atomic mass is 79.9. The molecule has 1 saturated heterocycles. The highest BCUT2D eigenvalue weighted by molar-refractivity contribution is 9.10. The summed E-state index contributed by atoms with van der Waals surface area (Å²) in [6, 6.07) is 4.52. The molecule has 1 fully saturated rings. The number of anilines is 1. The Kier molecular flexibility index (Phi) is 4.21. The zero-order valence-corrected chi connectivity index (χ0v) is 12.0. The third-order valence-corrected chi connectivity index (χ3v) is 3.97. The van der Waals surface area contributed by atoms with Crippen molar-refractivity contribution in [1.82, 2.24) is 5.32 Å². The lowest BCUT2D eigenvalue weighted by Crippen LogP contribution is -2.39. The summed E-state index contributed by atoms with van der Waals surface area (Å²) in [5.41, 5.74) is 0.384. The van der Waals surface area contributed by atoms with Gasteiger partial charge in [-0.15, -0.1) is 0 Å². The number of amides is 1. The van der Waals surface area contributed by atoms with Gasteiger partial charge in [-0.05, 0) is 46.9 Å². The predicted molar refractivity (Wildman–Crippen MR) is 75.3 cm³/mol. The minimum Gasteiger partial charge on any atom is -0.478 e. The smallest absolute Gasteiger partial charge is 0.337 e. The fourth-order valence-corrected chi connectivity index (χ4v) is 2.68. The van der Waals surface area contributed by atoms with Gasteiger partial charge in [-0.1, -0.05) is 13.0 Å². The summed E-state index contributed by atoms with van der Waals surface area (Å²) in [5, 5.41) is 15.0. The third kappa shape index (κ3) is 2.96. The van der Waals surface area contributed by atoms with Crippen molar-refractivity contribution in [1.29, 1.82) is 0 Å². The molecule has 0 saturated carbocycles. The van der Waals surface area contributed by atoms with E-state index >= 15 is 0 Å². The molecule has 1 aliphatic heterocycles. The van der Waals surface area contributed by atoms with Gasteiger partial charge < -0.3 is 15.7 Å². The summed E-state index contributed by atoms with van der Waals surface area (Å²) in [4.78, 5) is 23.3. The second kappa shape index (κ2) is 5.71. The zero-order valence-electron chi connectivity index (χ0n) is 10.4. The zero-order chi connectivity index (χ0) is 14.0. The van der Waals surface area contributed by atoms with E-state index in [4.69, 9.17) is 5.11 Å². The highest BCUT2D eigenvalue weighted by Crippen LogP contribution is 2.27. The van der Waals surface area contributed by atoms with E-state index in [9.17, 15) is 9.59 Å². The predicted octanol–water partition coefficient (Wildman–Crippen LogP) is 2.08. The molecule has 5 nitrogen and oxygen atoms in total. The Hall–Kier alpha value is -1.40. The third-order valence-electron chi connectivity index (χ3n) is 3.31. The number of para-hydroxylation sites is 1. The Labute approximate surface area is 119 Å². The monoisotopic (exact) mass is 326 g/mol. The number of carboxylic acids is 1. The highest BCUT2D eigenvalue weighted by Gasteiger charge is 2.30. The molecule has 1 aromatic carbocycles. The molecule has 0 spiro atoms. The fraction of sp³-hybridized carbons (Fsp3) is 0.385. The lowest BCUT2D eigenvalue weighted by Gasteiger charge is -2.17. The van der Waals surface area contributed by atoms with Crippen LogP contribution >= 0.6 is 15.9 Å². The maximum absolute atomic E-state index is 12.2. The molecule has 2 rings (SSSR count). The number of carbonyl (C=O) groups excluding carboxylic acids is 1. The average Bonchev–Trinajstić information content (AvgIpc) is 2.77. The molecular weight excluding hydrogens is 312 g/mol. The molecule has 6 heteroatoms. The number of rotatable bonds is 3. The number of hydrogen-bond acceptors (Lipinski definition) is 3. The van der Waals surface area contributed by atoms with Gasteiger partial charge in [-0.25, -0.2) is 4.79 Å². The lowest BCUT2D eigenvalue weighted by molar-refractivity contribution is -0.118. The molecule has 102 valence electrons. The van der Waals surface area contributed by atoms with Gasteiger partial charge in [-0.2, -0.15) is 0 Å². The van der Waals surface area contributed by atoms with E-state index < -0.39 is 5.97 Å². The molecule has 2 unspecified atom stereocenters. The first kappa shape index (κ1) is 14.0. The Bertz CT molecular complexity index is 519. The first-order valence-electron chi connectivity index (χ1n) is 6.06.